The zero-order chi connectivity index (χ0) is 15.6. The molecule has 0 heterocycles. The Labute approximate surface area is 112 Å². The number of aliphatic hydroxyl groups excluding tert-OH is 1. The normalized spacial score (nSPS) is 14.1. The first kappa shape index (κ1) is 16.7. The van der Waals surface area contributed by atoms with E-state index < -0.39 is 45.5 Å². The van der Waals surface area contributed by atoms with E-state index in [4.69, 9.17) is 5.11 Å². The largest absolute Gasteiger partial charge is 0.573 e. The van der Waals surface area contributed by atoms with Crippen molar-refractivity contribution in [1.29, 1.82) is 0 Å². The molecular formula is C10H11F4NO4S. The van der Waals surface area contributed by atoms with Crippen LogP contribution in [-0.2, 0) is 10.0 Å². The molecular weight excluding hydrogens is 306 g/mol. The molecule has 1 rings (SSSR count). The number of ether oxygens (including phenoxy) is 1. The molecule has 0 radical (unpaired) electrons. The SMILES string of the molecule is C[C@@H](O)CNS(=O)(=O)c1c(F)cccc1OC(F)(F)F. The predicted octanol–water partition coefficient (Wildman–Crippen LogP) is 1.38. The van der Waals surface area contributed by atoms with Crippen LogP contribution >= 0.6 is 0 Å². The number of benzene rings is 1. The smallest absolute Gasteiger partial charge is 0.404 e. The van der Waals surface area contributed by atoms with Crippen molar-refractivity contribution in [3.8, 4) is 5.75 Å². The quantitative estimate of drug-likeness (QED) is 0.805. The molecule has 1 aromatic carbocycles. The summed E-state index contributed by atoms with van der Waals surface area (Å²) in [6.07, 6.45) is -6.26. The fourth-order valence-electron chi connectivity index (χ4n) is 1.26. The van der Waals surface area contributed by atoms with Crippen LogP contribution in [0, 0.1) is 5.82 Å². The Morgan fingerprint density at radius 2 is 2.00 bits per heavy atom. The molecule has 0 unspecified atom stereocenters. The van der Waals surface area contributed by atoms with Gasteiger partial charge in [-0.25, -0.2) is 17.5 Å². The average Bonchev–Trinajstić information content (AvgIpc) is 2.24. The van der Waals surface area contributed by atoms with E-state index in [2.05, 4.69) is 4.74 Å². The van der Waals surface area contributed by atoms with Gasteiger partial charge in [-0.05, 0) is 19.1 Å². The van der Waals surface area contributed by atoms with Gasteiger partial charge >= 0.3 is 6.36 Å². The van der Waals surface area contributed by atoms with Crippen LogP contribution in [0.1, 0.15) is 6.92 Å². The first-order valence-corrected chi connectivity index (χ1v) is 6.73. The molecule has 0 amide bonds. The molecule has 114 valence electrons. The molecule has 0 saturated heterocycles. The molecule has 20 heavy (non-hydrogen) atoms. The molecule has 0 aliphatic rings. The maximum absolute atomic E-state index is 13.5. The van der Waals surface area contributed by atoms with Crippen molar-refractivity contribution < 1.29 is 35.8 Å². The fraction of sp³-hybridized carbons (Fsp3) is 0.400. The van der Waals surface area contributed by atoms with Crippen LogP contribution in [0.3, 0.4) is 0 Å². The van der Waals surface area contributed by atoms with Gasteiger partial charge in [0.15, 0.2) is 10.6 Å². The summed E-state index contributed by atoms with van der Waals surface area (Å²) in [6, 6.07) is 2.23. The van der Waals surface area contributed by atoms with Crippen LogP contribution in [-0.4, -0.2) is 32.5 Å². The van der Waals surface area contributed by atoms with E-state index in [0.29, 0.717) is 12.1 Å². The number of hydrogen-bond donors (Lipinski definition) is 2. The van der Waals surface area contributed by atoms with Crippen molar-refractivity contribution >= 4 is 10.0 Å². The molecule has 10 heteroatoms. The van der Waals surface area contributed by atoms with Gasteiger partial charge < -0.3 is 9.84 Å². The topological polar surface area (TPSA) is 75.6 Å². The van der Waals surface area contributed by atoms with Crippen LogP contribution in [0.2, 0.25) is 0 Å². The van der Waals surface area contributed by atoms with Crippen LogP contribution in [0.25, 0.3) is 0 Å². The zero-order valence-electron chi connectivity index (χ0n) is 10.1. The van der Waals surface area contributed by atoms with Crippen LogP contribution in [0.15, 0.2) is 23.1 Å². The summed E-state index contributed by atoms with van der Waals surface area (Å²) in [5.74, 6) is -2.58. The van der Waals surface area contributed by atoms with E-state index in [9.17, 15) is 26.0 Å². The van der Waals surface area contributed by atoms with Gasteiger partial charge in [-0.2, -0.15) is 0 Å². The van der Waals surface area contributed by atoms with Gasteiger partial charge in [-0.3, -0.25) is 0 Å². The lowest BCUT2D eigenvalue weighted by atomic mass is 10.3. The Balaban J connectivity index is 3.22. The fourth-order valence-corrected chi connectivity index (χ4v) is 2.56. The summed E-state index contributed by atoms with van der Waals surface area (Å²) in [4.78, 5) is -1.27. The molecule has 0 saturated carbocycles. The second-order valence-electron chi connectivity index (χ2n) is 3.82. The highest BCUT2D eigenvalue weighted by Gasteiger charge is 2.35. The highest BCUT2D eigenvalue weighted by atomic mass is 32.2. The highest BCUT2D eigenvalue weighted by molar-refractivity contribution is 7.89. The molecule has 1 atom stereocenters. The van der Waals surface area contributed by atoms with Gasteiger partial charge in [0, 0.05) is 6.54 Å². The van der Waals surface area contributed by atoms with Crippen molar-refractivity contribution in [3.05, 3.63) is 24.0 Å². The van der Waals surface area contributed by atoms with Gasteiger partial charge in [0.1, 0.15) is 5.82 Å². The van der Waals surface area contributed by atoms with Crippen molar-refractivity contribution in [2.75, 3.05) is 6.54 Å². The molecule has 0 bridgehead atoms. The summed E-state index contributed by atoms with van der Waals surface area (Å²) in [5.41, 5.74) is 0. The van der Waals surface area contributed by atoms with Gasteiger partial charge in [0.2, 0.25) is 10.0 Å². The van der Waals surface area contributed by atoms with Gasteiger partial charge in [0.25, 0.3) is 0 Å². The minimum absolute atomic E-state index is 0.484. The van der Waals surface area contributed by atoms with E-state index in [1.54, 1.807) is 4.72 Å². The van der Waals surface area contributed by atoms with Crippen molar-refractivity contribution in [2.45, 2.75) is 24.3 Å². The molecule has 0 spiro atoms. The molecule has 2 N–H and O–H groups in total. The molecule has 1 aromatic rings. The molecule has 0 aliphatic heterocycles. The van der Waals surface area contributed by atoms with Gasteiger partial charge in [-0.1, -0.05) is 6.07 Å². The number of sulfonamides is 1. The molecule has 0 aromatic heterocycles. The monoisotopic (exact) mass is 317 g/mol. The third-order valence-electron chi connectivity index (χ3n) is 1.99. The number of alkyl halides is 3. The van der Waals surface area contributed by atoms with Crippen LogP contribution in [0.4, 0.5) is 17.6 Å². The maximum atomic E-state index is 13.5. The lowest BCUT2D eigenvalue weighted by Crippen LogP contribution is -2.32. The minimum atomic E-state index is -5.16. The van der Waals surface area contributed by atoms with Crippen molar-refractivity contribution in [2.24, 2.45) is 0 Å². The highest BCUT2D eigenvalue weighted by Crippen LogP contribution is 2.31. The summed E-state index contributed by atoms with van der Waals surface area (Å²) in [7, 11) is -4.60. The van der Waals surface area contributed by atoms with Crippen LogP contribution < -0.4 is 9.46 Å². The number of rotatable bonds is 5. The summed E-state index contributed by atoms with van der Waals surface area (Å²) >= 11 is 0. The minimum Gasteiger partial charge on any atom is -0.404 e. The van der Waals surface area contributed by atoms with Gasteiger partial charge in [0.05, 0.1) is 6.10 Å². The molecule has 5 nitrogen and oxygen atoms in total. The van der Waals surface area contributed by atoms with Gasteiger partial charge in [-0.15, -0.1) is 13.2 Å². The standard InChI is InChI=1S/C10H11F4NO4S/c1-6(16)5-15-20(17,18)9-7(11)3-2-4-8(9)19-10(12,13)14/h2-4,6,15-16H,5H2,1H3/t6-/m1/s1. The second-order valence-corrected chi connectivity index (χ2v) is 5.52. The third-order valence-corrected chi connectivity index (χ3v) is 3.47. The van der Waals surface area contributed by atoms with E-state index >= 15 is 0 Å². The Morgan fingerprint density at radius 3 is 2.50 bits per heavy atom. The first-order chi connectivity index (χ1) is 9.03. The lowest BCUT2D eigenvalue weighted by molar-refractivity contribution is -0.275. The summed E-state index contributed by atoms with van der Waals surface area (Å²) in [6.45, 7) is 0.763. The van der Waals surface area contributed by atoms with Crippen LogP contribution in [0.5, 0.6) is 5.75 Å². The number of aliphatic hydroxyl groups is 1. The summed E-state index contributed by atoms with van der Waals surface area (Å²) in [5, 5.41) is 8.96. The Kier molecular flexibility index (Phi) is 4.95. The Hall–Kier alpha value is -1.39. The predicted molar refractivity (Wildman–Crippen MR) is 60.0 cm³/mol. The van der Waals surface area contributed by atoms with E-state index in [1.165, 1.54) is 6.92 Å². The first-order valence-electron chi connectivity index (χ1n) is 5.25. The maximum Gasteiger partial charge on any atom is 0.573 e. The van der Waals surface area contributed by atoms with Crippen molar-refractivity contribution in [3.63, 3.8) is 0 Å². The number of hydrogen-bond acceptors (Lipinski definition) is 4. The zero-order valence-corrected chi connectivity index (χ0v) is 10.9. The number of halogens is 4. The Morgan fingerprint density at radius 1 is 1.40 bits per heavy atom. The molecule has 0 aliphatic carbocycles. The average molecular weight is 317 g/mol. The van der Waals surface area contributed by atoms with E-state index in [-0.39, 0.29) is 0 Å². The van der Waals surface area contributed by atoms with Crippen molar-refractivity contribution in [1.82, 2.24) is 4.72 Å². The van der Waals surface area contributed by atoms with E-state index in [1.807, 2.05) is 0 Å². The summed E-state index contributed by atoms with van der Waals surface area (Å²) < 4.78 is 78.8. The van der Waals surface area contributed by atoms with E-state index in [0.717, 1.165) is 6.07 Å². The number of nitrogens with one attached hydrogen (secondary N) is 1. The lowest BCUT2D eigenvalue weighted by Gasteiger charge is -2.15. The molecule has 0 fully saturated rings. The second kappa shape index (κ2) is 5.94. The third kappa shape index (κ3) is 4.62. The Bertz CT molecular complexity index is 571.